The summed E-state index contributed by atoms with van der Waals surface area (Å²) in [5.41, 5.74) is 4.24. The van der Waals surface area contributed by atoms with Crippen molar-refractivity contribution in [3.8, 4) is 0 Å². The Morgan fingerprint density at radius 2 is 2.10 bits per heavy atom. The van der Waals surface area contributed by atoms with Gasteiger partial charge in [0.05, 0.1) is 43.0 Å². The predicted molar refractivity (Wildman–Crippen MR) is 76.5 cm³/mol. The number of carbonyl (C=O) groups excluding carboxylic acids is 1. The molecule has 108 valence electrons. The quantitative estimate of drug-likeness (QED) is 0.848. The van der Waals surface area contributed by atoms with Crippen LogP contribution in [0.1, 0.15) is 24.5 Å². The Hall–Kier alpha value is -1.88. The first-order valence-electron chi connectivity index (χ1n) is 6.77. The van der Waals surface area contributed by atoms with E-state index in [0.29, 0.717) is 13.2 Å². The van der Waals surface area contributed by atoms with E-state index >= 15 is 0 Å². The molecule has 0 saturated carbocycles. The number of aliphatic hydroxyl groups excluding tert-OH is 1. The van der Waals surface area contributed by atoms with E-state index in [-0.39, 0.29) is 12.4 Å². The minimum atomic E-state index is -0.770. The molecule has 1 atom stereocenters. The van der Waals surface area contributed by atoms with Gasteiger partial charge >= 0.3 is 5.97 Å². The lowest BCUT2D eigenvalue weighted by Gasteiger charge is -2.12. The number of esters is 1. The molecule has 0 aliphatic rings. The maximum Gasteiger partial charge on any atom is 0.308 e. The molecule has 0 spiro atoms. The molecule has 2 aromatic rings. The monoisotopic (exact) mass is 276 g/mol. The molecule has 1 aromatic heterocycles. The fourth-order valence-electron chi connectivity index (χ4n) is 2.16. The summed E-state index contributed by atoms with van der Waals surface area (Å²) in [7, 11) is 0. The van der Waals surface area contributed by atoms with Gasteiger partial charge in [-0.3, -0.25) is 4.79 Å². The van der Waals surface area contributed by atoms with Gasteiger partial charge < -0.3 is 14.4 Å². The molecule has 0 amide bonds. The van der Waals surface area contributed by atoms with E-state index < -0.39 is 6.10 Å². The summed E-state index contributed by atoms with van der Waals surface area (Å²) in [6.45, 7) is 6.50. The minimum Gasteiger partial charge on any atom is -0.466 e. The molecule has 5 heteroatoms. The molecule has 1 aromatic carbocycles. The number of hydrogen-bond acceptors (Lipinski definition) is 4. The van der Waals surface area contributed by atoms with Crippen molar-refractivity contribution < 1.29 is 14.6 Å². The second kappa shape index (κ2) is 6.05. The lowest BCUT2D eigenvalue weighted by Crippen LogP contribution is -2.21. The van der Waals surface area contributed by atoms with Crippen LogP contribution in [0.25, 0.3) is 11.0 Å². The predicted octanol–water partition coefficient (Wildman–Crippen LogP) is 1.97. The van der Waals surface area contributed by atoms with E-state index in [0.717, 1.165) is 11.0 Å². The first kappa shape index (κ1) is 14.5. The number of aromatic nitrogens is 2. The van der Waals surface area contributed by atoms with Crippen LogP contribution >= 0.6 is 0 Å². The van der Waals surface area contributed by atoms with Crippen molar-refractivity contribution in [3.63, 3.8) is 0 Å². The molecule has 1 N–H and O–H groups in total. The molecule has 0 saturated heterocycles. The Kier molecular flexibility index (Phi) is 4.39. The molecule has 20 heavy (non-hydrogen) atoms. The summed E-state index contributed by atoms with van der Waals surface area (Å²) in [6.07, 6.45) is 0.920. The molecule has 0 radical (unpaired) electrons. The molecule has 0 aliphatic heterocycles. The summed E-state index contributed by atoms with van der Waals surface area (Å²) < 4.78 is 6.70. The zero-order valence-electron chi connectivity index (χ0n) is 12.1. The number of rotatable bonds is 5. The number of hydrogen-bond donors (Lipinski definition) is 1. The van der Waals surface area contributed by atoms with Crippen molar-refractivity contribution in [2.75, 3.05) is 6.61 Å². The number of fused-ring (bicyclic) bond motifs is 1. The van der Waals surface area contributed by atoms with E-state index in [9.17, 15) is 9.90 Å². The Morgan fingerprint density at radius 3 is 2.80 bits per heavy atom. The van der Waals surface area contributed by atoms with Crippen LogP contribution in [-0.4, -0.2) is 33.3 Å². The van der Waals surface area contributed by atoms with Crippen LogP contribution in [0.15, 0.2) is 18.5 Å². The Balaban J connectivity index is 2.13. The summed E-state index contributed by atoms with van der Waals surface area (Å²) in [5.74, 6) is -0.378. The number of nitrogens with zero attached hydrogens (tertiary/aromatic N) is 2. The van der Waals surface area contributed by atoms with E-state index in [1.807, 2.05) is 24.5 Å². The lowest BCUT2D eigenvalue weighted by molar-refractivity contribution is -0.145. The van der Waals surface area contributed by atoms with Gasteiger partial charge in [0.1, 0.15) is 0 Å². The SMILES string of the molecule is CCOC(=O)CC(O)Cn1cnc2cc(C)c(C)cc21. The van der Waals surface area contributed by atoms with Gasteiger partial charge in [-0.15, -0.1) is 0 Å². The summed E-state index contributed by atoms with van der Waals surface area (Å²) in [5, 5.41) is 9.95. The third kappa shape index (κ3) is 3.17. The fraction of sp³-hybridized carbons (Fsp3) is 0.467. The molecular formula is C15H20N2O3. The first-order chi connectivity index (χ1) is 9.51. The standard InChI is InChI=1S/C15H20N2O3/c1-4-20-15(19)7-12(18)8-17-9-16-13-5-10(2)11(3)6-14(13)17/h5-6,9,12,18H,4,7-8H2,1-3H3. The topological polar surface area (TPSA) is 64.3 Å². The Labute approximate surface area is 118 Å². The van der Waals surface area contributed by atoms with Crippen molar-refractivity contribution in [2.24, 2.45) is 0 Å². The fourth-order valence-corrected chi connectivity index (χ4v) is 2.16. The normalized spacial score (nSPS) is 12.6. The second-order valence-electron chi connectivity index (χ2n) is 4.99. The molecule has 1 heterocycles. The van der Waals surface area contributed by atoms with Crippen molar-refractivity contribution in [2.45, 2.75) is 39.8 Å². The summed E-state index contributed by atoms with van der Waals surface area (Å²) in [4.78, 5) is 15.7. The molecule has 0 aliphatic carbocycles. The molecule has 2 rings (SSSR count). The zero-order valence-corrected chi connectivity index (χ0v) is 12.1. The van der Waals surface area contributed by atoms with Gasteiger partial charge in [0.15, 0.2) is 0 Å². The highest BCUT2D eigenvalue weighted by atomic mass is 16.5. The van der Waals surface area contributed by atoms with Crippen molar-refractivity contribution in [1.29, 1.82) is 0 Å². The molecule has 0 bridgehead atoms. The average molecular weight is 276 g/mol. The van der Waals surface area contributed by atoms with Gasteiger partial charge in [0, 0.05) is 0 Å². The van der Waals surface area contributed by atoms with Crippen LogP contribution in [0.2, 0.25) is 0 Å². The third-order valence-electron chi connectivity index (χ3n) is 3.35. The van der Waals surface area contributed by atoms with Crippen LogP contribution in [0.3, 0.4) is 0 Å². The highest BCUT2D eigenvalue weighted by Crippen LogP contribution is 2.19. The van der Waals surface area contributed by atoms with Crippen molar-refractivity contribution >= 4 is 17.0 Å². The van der Waals surface area contributed by atoms with E-state index in [1.54, 1.807) is 13.3 Å². The van der Waals surface area contributed by atoms with Crippen molar-refractivity contribution in [1.82, 2.24) is 9.55 Å². The summed E-state index contributed by atoms with van der Waals surface area (Å²) in [6, 6.07) is 4.08. The number of aliphatic hydroxyl groups is 1. The third-order valence-corrected chi connectivity index (χ3v) is 3.35. The van der Waals surface area contributed by atoms with Crippen LogP contribution < -0.4 is 0 Å². The van der Waals surface area contributed by atoms with Crippen LogP contribution in [0, 0.1) is 13.8 Å². The highest BCUT2D eigenvalue weighted by molar-refractivity contribution is 5.77. The molecule has 5 nitrogen and oxygen atoms in total. The Morgan fingerprint density at radius 1 is 1.40 bits per heavy atom. The van der Waals surface area contributed by atoms with Crippen molar-refractivity contribution in [3.05, 3.63) is 29.6 Å². The summed E-state index contributed by atoms with van der Waals surface area (Å²) >= 11 is 0. The molecular weight excluding hydrogens is 256 g/mol. The number of carbonyl (C=O) groups is 1. The van der Waals surface area contributed by atoms with Crippen LogP contribution in [0.5, 0.6) is 0 Å². The number of aryl methyl sites for hydroxylation is 2. The largest absolute Gasteiger partial charge is 0.466 e. The van der Waals surface area contributed by atoms with Crippen LogP contribution in [0.4, 0.5) is 0 Å². The second-order valence-corrected chi connectivity index (χ2v) is 4.99. The minimum absolute atomic E-state index is 0.00163. The van der Waals surface area contributed by atoms with E-state index in [2.05, 4.69) is 11.1 Å². The van der Waals surface area contributed by atoms with Gasteiger partial charge in [0.25, 0.3) is 0 Å². The first-order valence-corrected chi connectivity index (χ1v) is 6.77. The van der Waals surface area contributed by atoms with Gasteiger partial charge in [-0.05, 0) is 44.0 Å². The van der Waals surface area contributed by atoms with Gasteiger partial charge in [-0.1, -0.05) is 0 Å². The maximum atomic E-state index is 11.3. The zero-order chi connectivity index (χ0) is 14.7. The van der Waals surface area contributed by atoms with Gasteiger partial charge in [0.2, 0.25) is 0 Å². The Bertz CT molecular complexity index is 619. The maximum absolute atomic E-state index is 11.3. The highest BCUT2D eigenvalue weighted by Gasteiger charge is 2.14. The van der Waals surface area contributed by atoms with E-state index in [4.69, 9.17) is 4.74 Å². The van der Waals surface area contributed by atoms with Gasteiger partial charge in [-0.2, -0.15) is 0 Å². The average Bonchev–Trinajstić information content (AvgIpc) is 2.72. The van der Waals surface area contributed by atoms with Crippen LogP contribution in [-0.2, 0) is 16.1 Å². The number of imidazole rings is 1. The smallest absolute Gasteiger partial charge is 0.308 e. The van der Waals surface area contributed by atoms with E-state index in [1.165, 1.54) is 11.1 Å². The molecule has 1 unspecified atom stereocenters. The van der Waals surface area contributed by atoms with Gasteiger partial charge in [-0.25, -0.2) is 4.98 Å². The number of ether oxygens (including phenoxy) is 1. The number of benzene rings is 1. The molecule has 0 fully saturated rings. The lowest BCUT2D eigenvalue weighted by atomic mass is 10.1.